The second-order valence-electron chi connectivity index (χ2n) is 7.12. The molecule has 1 aliphatic rings. The van der Waals surface area contributed by atoms with Crippen LogP contribution in [0, 0.1) is 11.3 Å². The van der Waals surface area contributed by atoms with Crippen LogP contribution >= 0.6 is 11.6 Å². The Morgan fingerprint density at radius 3 is 2.83 bits per heavy atom. The van der Waals surface area contributed by atoms with Crippen LogP contribution in [-0.4, -0.2) is 31.2 Å². The van der Waals surface area contributed by atoms with Gasteiger partial charge in [-0.2, -0.15) is 20.7 Å². The van der Waals surface area contributed by atoms with E-state index in [1.54, 1.807) is 6.07 Å². The molecule has 0 bridgehead atoms. The van der Waals surface area contributed by atoms with E-state index in [2.05, 4.69) is 26.5 Å². The number of amides is 1. The third-order valence-electron chi connectivity index (χ3n) is 5.42. The number of pyridine rings is 1. The summed E-state index contributed by atoms with van der Waals surface area (Å²) in [5.74, 6) is -0.0469. The fourth-order valence-electron chi connectivity index (χ4n) is 3.98. The number of H-pyrrole nitrogens is 1. The SMILES string of the molecule is N#Cc1nccc(Cl)c1CC1c2ccccc2C(=O)N1Cc1ccc2n[nH]nc2c1. The summed E-state index contributed by atoms with van der Waals surface area (Å²) in [7, 11) is 0. The molecule has 1 atom stereocenters. The van der Waals surface area contributed by atoms with Gasteiger partial charge in [-0.05, 0) is 35.4 Å². The van der Waals surface area contributed by atoms with Crippen LogP contribution in [0.4, 0.5) is 0 Å². The molecule has 5 rings (SSSR count). The smallest absolute Gasteiger partial charge is 0.255 e. The number of halogens is 1. The summed E-state index contributed by atoms with van der Waals surface area (Å²) >= 11 is 6.40. The van der Waals surface area contributed by atoms with E-state index in [1.165, 1.54) is 6.20 Å². The normalized spacial score (nSPS) is 15.4. The van der Waals surface area contributed by atoms with E-state index in [9.17, 15) is 10.1 Å². The lowest BCUT2D eigenvalue weighted by molar-refractivity contribution is 0.0709. The molecule has 0 saturated carbocycles. The van der Waals surface area contributed by atoms with Crippen LogP contribution in [0.1, 0.15) is 38.8 Å². The van der Waals surface area contributed by atoms with Gasteiger partial charge >= 0.3 is 0 Å². The highest BCUT2D eigenvalue weighted by atomic mass is 35.5. The highest BCUT2D eigenvalue weighted by molar-refractivity contribution is 6.31. The zero-order valence-corrected chi connectivity index (χ0v) is 16.5. The number of carbonyl (C=O) groups is 1. The number of fused-ring (bicyclic) bond motifs is 2. The quantitative estimate of drug-likeness (QED) is 0.547. The Hall–Kier alpha value is -3.76. The molecule has 0 spiro atoms. The minimum atomic E-state index is -0.254. The number of rotatable bonds is 4. The van der Waals surface area contributed by atoms with E-state index in [1.807, 2.05) is 47.4 Å². The molecule has 0 radical (unpaired) electrons. The molecule has 8 heteroatoms. The lowest BCUT2D eigenvalue weighted by Gasteiger charge is -2.26. The van der Waals surface area contributed by atoms with E-state index in [-0.39, 0.29) is 17.6 Å². The molecule has 0 fully saturated rings. The predicted octanol–water partition coefficient (Wildman–Crippen LogP) is 3.82. The largest absolute Gasteiger partial charge is 0.327 e. The first-order chi connectivity index (χ1) is 14.7. The maximum Gasteiger partial charge on any atom is 0.255 e. The third kappa shape index (κ3) is 2.98. The zero-order chi connectivity index (χ0) is 20.7. The molecule has 4 aromatic rings. The number of benzene rings is 2. The van der Waals surface area contributed by atoms with Gasteiger partial charge in [0.05, 0.1) is 6.04 Å². The van der Waals surface area contributed by atoms with Crippen molar-refractivity contribution in [1.29, 1.82) is 5.26 Å². The summed E-state index contributed by atoms with van der Waals surface area (Å²) in [6.07, 6.45) is 1.92. The van der Waals surface area contributed by atoms with Crippen LogP contribution in [0.15, 0.2) is 54.7 Å². The zero-order valence-electron chi connectivity index (χ0n) is 15.7. The van der Waals surface area contributed by atoms with Crippen LogP contribution in [0.25, 0.3) is 11.0 Å². The van der Waals surface area contributed by atoms with Crippen LogP contribution in [-0.2, 0) is 13.0 Å². The fraction of sp³-hybridized carbons (Fsp3) is 0.136. The minimum absolute atomic E-state index is 0.0469. The number of aromatic amines is 1. The third-order valence-corrected chi connectivity index (χ3v) is 5.78. The first-order valence-corrected chi connectivity index (χ1v) is 9.76. The van der Waals surface area contributed by atoms with E-state index in [0.717, 1.165) is 22.2 Å². The molecule has 1 unspecified atom stereocenters. The molecule has 2 aromatic carbocycles. The molecular weight excluding hydrogens is 400 g/mol. The standard InChI is InChI=1S/C22H15ClN6O/c23-17-7-8-25-20(11-24)16(17)10-21-14-3-1-2-4-15(14)22(30)29(21)12-13-5-6-18-19(9-13)27-28-26-18/h1-9,21H,10,12H2,(H,26,27,28). The lowest BCUT2D eigenvalue weighted by atomic mass is 9.97. The number of aromatic nitrogens is 4. The molecule has 30 heavy (non-hydrogen) atoms. The van der Waals surface area contributed by atoms with Crippen molar-refractivity contribution in [1.82, 2.24) is 25.3 Å². The Labute approximate surface area is 176 Å². The molecule has 0 saturated heterocycles. The van der Waals surface area contributed by atoms with E-state index < -0.39 is 0 Å². The van der Waals surface area contributed by atoms with Gasteiger partial charge in [0.25, 0.3) is 5.91 Å². The second kappa shape index (κ2) is 7.25. The Morgan fingerprint density at radius 2 is 1.97 bits per heavy atom. The van der Waals surface area contributed by atoms with Crippen molar-refractivity contribution in [2.24, 2.45) is 0 Å². The van der Waals surface area contributed by atoms with Crippen LogP contribution in [0.5, 0.6) is 0 Å². The highest BCUT2D eigenvalue weighted by Crippen LogP contribution is 2.38. The summed E-state index contributed by atoms with van der Waals surface area (Å²) in [6.45, 7) is 0.404. The number of carbonyl (C=O) groups excluding carboxylic acids is 1. The van der Waals surface area contributed by atoms with Gasteiger partial charge in [0.1, 0.15) is 22.8 Å². The molecule has 7 nitrogen and oxygen atoms in total. The molecule has 146 valence electrons. The summed E-state index contributed by atoms with van der Waals surface area (Å²) in [6, 6.07) is 16.8. The topological polar surface area (TPSA) is 98.6 Å². The number of hydrogen-bond acceptors (Lipinski definition) is 5. The summed E-state index contributed by atoms with van der Waals surface area (Å²) in [4.78, 5) is 19.2. The van der Waals surface area contributed by atoms with Gasteiger partial charge in [0, 0.05) is 35.3 Å². The maximum absolute atomic E-state index is 13.2. The van der Waals surface area contributed by atoms with Gasteiger partial charge in [-0.1, -0.05) is 35.9 Å². The van der Waals surface area contributed by atoms with Gasteiger partial charge < -0.3 is 4.90 Å². The molecule has 1 N–H and O–H groups in total. The predicted molar refractivity (Wildman–Crippen MR) is 111 cm³/mol. The lowest BCUT2D eigenvalue weighted by Crippen LogP contribution is -2.29. The first kappa shape index (κ1) is 18.3. The average Bonchev–Trinajstić information content (AvgIpc) is 3.33. The van der Waals surface area contributed by atoms with Crippen molar-refractivity contribution in [2.45, 2.75) is 19.0 Å². The van der Waals surface area contributed by atoms with E-state index >= 15 is 0 Å². The minimum Gasteiger partial charge on any atom is -0.327 e. The summed E-state index contributed by atoms with van der Waals surface area (Å²) in [5.41, 5.74) is 4.98. The van der Waals surface area contributed by atoms with Crippen molar-refractivity contribution >= 4 is 28.5 Å². The Kier molecular flexibility index (Phi) is 4.42. The second-order valence-corrected chi connectivity index (χ2v) is 7.53. The van der Waals surface area contributed by atoms with Crippen LogP contribution in [0.2, 0.25) is 5.02 Å². The highest BCUT2D eigenvalue weighted by Gasteiger charge is 2.37. The number of hydrogen-bond donors (Lipinski definition) is 1. The van der Waals surface area contributed by atoms with Crippen molar-refractivity contribution in [3.63, 3.8) is 0 Å². The molecule has 3 heterocycles. The number of nitrogens with one attached hydrogen (secondary N) is 1. The van der Waals surface area contributed by atoms with Gasteiger partial charge in [0.2, 0.25) is 0 Å². The number of nitrogens with zero attached hydrogens (tertiary/aromatic N) is 5. The molecule has 1 aliphatic heterocycles. The Morgan fingerprint density at radius 1 is 1.13 bits per heavy atom. The maximum atomic E-state index is 13.2. The Bertz CT molecular complexity index is 1320. The first-order valence-electron chi connectivity index (χ1n) is 9.38. The average molecular weight is 415 g/mol. The molecular formula is C22H15ClN6O. The monoisotopic (exact) mass is 414 g/mol. The van der Waals surface area contributed by atoms with Crippen molar-refractivity contribution in [2.75, 3.05) is 0 Å². The van der Waals surface area contributed by atoms with Gasteiger partial charge in [-0.3, -0.25) is 4.79 Å². The van der Waals surface area contributed by atoms with Gasteiger partial charge in [0.15, 0.2) is 0 Å². The van der Waals surface area contributed by atoms with Crippen molar-refractivity contribution in [3.8, 4) is 6.07 Å². The van der Waals surface area contributed by atoms with Gasteiger partial charge in [-0.25, -0.2) is 4.98 Å². The fourth-order valence-corrected chi connectivity index (χ4v) is 4.21. The van der Waals surface area contributed by atoms with E-state index in [0.29, 0.717) is 29.1 Å². The van der Waals surface area contributed by atoms with Gasteiger partial charge in [-0.15, -0.1) is 0 Å². The van der Waals surface area contributed by atoms with Crippen LogP contribution in [0.3, 0.4) is 0 Å². The molecule has 1 amide bonds. The molecule has 2 aromatic heterocycles. The van der Waals surface area contributed by atoms with E-state index in [4.69, 9.17) is 11.6 Å². The summed E-state index contributed by atoms with van der Waals surface area (Å²) in [5, 5.41) is 20.8. The van der Waals surface area contributed by atoms with Crippen LogP contribution < -0.4 is 0 Å². The number of nitriles is 1. The van der Waals surface area contributed by atoms with Crippen molar-refractivity contribution in [3.05, 3.63) is 87.7 Å². The summed E-state index contributed by atoms with van der Waals surface area (Å²) < 4.78 is 0. The molecule has 0 aliphatic carbocycles. The Balaban J connectivity index is 1.55. The van der Waals surface area contributed by atoms with Crippen molar-refractivity contribution < 1.29 is 4.79 Å².